The van der Waals surface area contributed by atoms with Crippen molar-refractivity contribution in [2.45, 2.75) is 26.4 Å². The van der Waals surface area contributed by atoms with Crippen molar-refractivity contribution in [1.82, 2.24) is 10.6 Å². The molecular weight excluding hydrogens is 180 g/mol. The van der Waals surface area contributed by atoms with Crippen LogP contribution in [0.3, 0.4) is 0 Å². The second kappa shape index (κ2) is 5.32. The first kappa shape index (κ1) is 11.5. The molecule has 1 saturated heterocycles. The maximum atomic E-state index is 11.3. The number of aliphatic hydroxyl groups is 1. The highest BCUT2D eigenvalue weighted by atomic mass is 16.3. The average Bonchev–Trinajstić information content (AvgIpc) is 2.14. The Labute approximate surface area is 85.1 Å². The summed E-state index contributed by atoms with van der Waals surface area (Å²) in [5.74, 6) is 0.489. The standard InChI is InChI=1S/C10H20N2O2/c1-7(2)10(14)12-5-8-3-9(13)6-11-4-8/h7-9,11,13H,3-6H2,1-2H3,(H,12,14). The maximum absolute atomic E-state index is 11.3. The third-order valence-corrected chi connectivity index (χ3v) is 2.51. The molecule has 1 rings (SSSR count). The minimum atomic E-state index is -0.260. The monoisotopic (exact) mass is 200 g/mol. The Morgan fingerprint density at radius 1 is 1.57 bits per heavy atom. The molecule has 4 heteroatoms. The lowest BCUT2D eigenvalue weighted by atomic mass is 9.97. The van der Waals surface area contributed by atoms with E-state index in [1.807, 2.05) is 13.8 Å². The van der Waals surface area contributed by atoms with Crippen LogP contribution in [0, 0.1) is 11.8 Å². The molecule has 1 aliphatic rings. The fraction of sp³-hybridized carbons (Fsp3) is 0.900. The van der Waals surface area contributed by atoms with Gasteiger partial charge in [-0.3, -0.25) is 4.79 Å². The molecular formula is C10H20N2O2. The van der Waals surface area contributed by atoms with E-state index < -0.39 is 0 Å². The van der Waals surface area contributed by atoms with Crippen molar-refractivity contribution in [3.63, 3.8) is 0 Å². The van der Waals surface area contributed by atoms with E-state index in [0.29, 0.717) is 19.0 Å². The van der Waals surface area contributed by atoms with Gasteiger partial charge in [0.15, 0.2) is 0 Å². The zero-order chi connectivity index (χ0) is 10.6. The molecule has 0 spiro atoms. The molecule has 0 aromatic carbocycles. The number of hydrogen-bond donors (Lipinski definition) is 3. The third kappa shape index (κ3) is 3.64. The Hall–Kier alpha value is -0.610. The summed E-state index contributed by atoms with van der Waals surface area (Å²) in [6.07, 6.45) is 0.524. The number of amides is 1. The van der Waals surface area contributed by atoms with E-state index in [1.54, 1.807) is 0 Å². The van der Waals surface area contributed by atoms with E-state index in [9.17, 15) is 9.90 Å². The van der Waals surface area contributed by atoms with Crippen molar-refractivity contribution in [2.75, 3.05) is 19.6 Å². The number of carbonyl (C=O) groups is 1. The largest absolute Gasteiger partial charge is 0.392 e. The predicted molar refractivity (Wildman–Crippen MR) is 54.8 cm³/mol. The average molecular weight is 200 g/mol. The second-order valence-corrected chi connectivity index (χ2v) is 4.31. The van der Waals surface area contributed by atoms with Crippen molar-refractivity contribution in [3.05, 3.63) is 0 Å². The van der Waals surface area contributed by atoms with E-state index in [4.69, 9.17) is 0 Å². The molecule has 0 aliphatic carbocycles. The van der Waals surface area contributed by atoms with Crippen molar-refractivity contribution in [2.24, 2.45) is 11.8 Å². The van der Waals surface area contributed by atoms with Gasteiger partial charge < -0.3 is 15.7 Å². The second-order valence-electron chi connectivity index (χ2n) is 4.31. The summed E-state index contributed by atoms with van der Waals surface area (Å²) in [7, 11) is 0. The summed E-state index contributed by atoms with van der Waals surface area (Å²) in [6.45, 7) is 5.98. The van der Waals surface area contributed by atoms with Crippen molar-refractivity contribution < 1.29 is 9.90 Å². The first-order chi connectivity index (χ1) is 6.59. The molecule has 1 aliphatic heterocycles. The van der Waals surface area contributed by atoms with Crippen LogP contribution in [0.15, 0.2) is 0 Å². The highest BCUT2D eigenvalue weighted by molar-refractivity contribution is 5.77. The van der Waals surface area contributed by atoms with E-state index in [-0.39, 0.29) is 17.9 Å². The molecule has 0 aromatic rings. The lowest BCUT2D eigenvalue weighted by molar-refractivity contribution is -0.124. The highest BCUT2D eigenvalue weighted by Gasteiger charge is 2.20. The predicted octanol–water partition coefficient (Wildman–Crippen LogP) is -0.271. The van der Waals surface area contributed by atoms with Gasteiger partial charge in [-0.05, 0) is 18.9 Å². The lowest BCUT2D eigenvalue weighted by Gasteiger charge is -2.27. The van der Waals surface area contributed by atoms with E-state index in [1.165, 1.54) is 0 Å². The van der Waals surface area contributed by atoms with Crippen LogP contribution in [0.4, 0.5) is 0 Å². The molecule has 1 amide bonds. The topological polar surface area (TPSA) is 61.4 Å². The molecule has 14 heavy (non-hydrogen) atoms. The van der Waals surface area contributed by atoms with Crippen LogP contribution >= 0.6 is 0 Å². The fourth-order valence-electron chi connectivity index (χ4n) is 1.61. The number of hydrogen-bond acceptors (Lipinski definition) is 3. The highest BCUT2D eigenvalue weighted by Crippen LogP contribution is 2.09. The molecule has 0 aromatic heterocycles. The normalized spacial score (nSPS) is 27.7. The van der Waals surface area contributed by atoms with Crippen molar-refractivity contribution in [3.8, 4) is 0 Å². The minimum absolute atomic E-state index is 0.0384. The molecule has 1 fully saturated rings. The molecule has 2 atom stereocenters. The van der Waals surface area contributed by atoms with Gasteiger partial charge in [0.05, 0.1) is 6.10 Å². The molecule has 0 radical (unpaired) electrons. The summed E-state index contributed by atoms with van der Waals surface area (Å²) in [6, 6.07) is 0. The zero-order valence-electron chi connectivity index (χ0n) is 8.92. The van der Waals surface area contributed by atoms with Gasteiger partial charge in [0.1, 0.15) is 0 Å². The van der Waals surface area contributed by atoms with Crippen LogP contribution in [0.5, 0.6) is 0 Å². The fourth-order valence-corrected chi connectivity index (χ4v) is 1.61. The quantitative estimate of drug-likeness (QED) is 0.587. The Balaban J connectivity index is 2.20. The molecule has 3 N–H and O–H groups in total. The van der Waals surface area contributed by atoms with Gasteiger partial charge in [-0.1, -0.05) is 13.8 Å². The van der Waals surface area contributed by atoms with Gasteiger partial charge in [-0.15, -0.1) is 0 Å². The maximum Gasteiger partial charge on any atom is 0.222 e. The van der Waals surface area contributed by atoms with E-state index in [2.05, 4.69) is 10.6 Å². The van der Waals surface area contributed by atoms with Crippen LogP contribution < -0.4 is 10.6 Å². The molecule has 1 heterocycles. The zero-order valence-corrected chi connectivity index (χ0v) is 8.92. The summed E-state index contributed by atoms with van der Waals surface area (Å²) < 4.78 is 0. The van der Waals surface area contributed by atoms with Crippen LogP contribution in [0.25, 0.3) is 0 Å². The summed E-state index contributed by atoms with van der Waals surface area (Å²) in [5.41, 5.74) is 0. The number of aliphatic hydroxyl groups excluding tert-OH is 1. The van der Waals surface area contributed by atoms with Crippen LogP contribution in [0.2, 0.25) is 0 Å². The smallest absolute Gasteiger partial charge is 0.222 e. The van der Waals surface area contributed by atoms with Crippen molar-refractivity contribution in [1.29, 1.82) is 0 Å². The lowest BCUT2D eigenvalue weighted by Crippen LogP contribution is -2.44. The van der Waals surface area contributed by atoms with E-state index in [0.717, 1.165) is 13.0 Å². The van der Waals surface area contributed by atoms with Crippen molar-refractivity contribution >= 4 is 5.91 Å². The van der Waals surface area contributed by atoms with Gasteiger partial charge in [-0.2, -0.15) is 0 Å². The molecule has 2 unspecified atom stereocenters. The summed E-state index contributed by atoms with van der Waals surface area (Å²) >= 11 is 0. The van der Waals surface area contributed by atoms with Gasteiger partial charge in [-0.25, -0.2) is 0 Å². The number of nitrogens with one attached hydrogen (secondary N) is 2. The number of carbonyl (C=O) groups excluding carboxylic acids is 1. The van der Waals surface area contributed by atoms with Gasteiger partial charge in [0.2, 0.25) is 5.91 Å². The van der Waals surface area contributed by atoms with Gasteiger partial charge >= 0.3 is 0 Å². The number of β-amino-alcohol motifs (C(OH)–C–C–N with tert-alkyl or cyclic N) is 1. The Kier molecular flexibility index (Phi) is 4.35. The molecule has 4 nitrogen and oxygen atoms in total. The number of rotatable bonds is 3. The Morgan fingerprint density at radius 3 is 2.86 bits per heavy atom. The first-order valence-corrected chi connectivity index (χ1v) is 5.26. The van der Waals surface area contributed by atoms with Crippen LogP contribution in [-0.2, 0) is 4.79 Å². The summed E-state index contributed by atoms with van der Waals surface area (Å²) in [5, 5.41) is 15.4. The SMILES string of the molecule is CC(C)C(=O)NCC1CNCC(O)C1. The van der Waals surface area contributed by atoms with E-state index >= 15 is 0 Å². The minimum Gasteiger partial charge on any atom is -0.392 e. The Morgan fingerprint density at radius 2 is 2.29 bits per heavy atom. The van der Waals surface area contributed by atoms with Crippen LogP contribution in [-0.4, -0.2) is 36.8 Å². The third-order valence-electron chi connectivity index (χ3n) is 2.51. The van der Waals surface area contributed by atoms with Gasteiger partial charge in [0, 0.05) is 19.0 Å². The Bertz CT molecular complexity index is 195. The summed E-state index contributed by atoms with van der Waals surface area (Å²) in [4.78, 5) is 11.3. The van der Waals surface area contributed by atoms with Crippen LogP contribution in [0.1, 0.15) is 20.3 Å². The molecule has 82 valence electrons. The molecule has 0 bridgehead atoms. The first-order valence-electron chi connectivity index (χ1n) is 5.26. The number of piperidine rings is 1. The van der Waals surface area contributed by atoms with Gasteiger partial charge in [0.25, 0.3) is 0 Å². The molecule has 0 saturated carbocycles.